The van der Waals surface area contributed by atoms with Crippen molar-refractivity contribution in [2.75, 3.05) is 5.32 Å². The van der Waals surface area contributed by atoms with E-state index < -0.39 is 6.04 Å². The van der Waals surface area contributed by atoms with Crippen LogP contribution in [0.15, 0.2) is 42.5 Å². The van der Waals surface area contributed by atoms with Crippen molar-refractivity contribution in [2.24, 2.45) is 11.7 Å². The predicted molar refractivity (Wildman–Crippen MR) is 116 cm³/mol. The Bertz CT molecular complexity index is 914. The number of nitrogens with one attached hydrogen (secondary N) is 1. The fourth-order valence-electron chi connectivity index (χ4n) is 2.81. The molecule has 5 heteroatoms. The number of amides is 1. The molecule has 148 valence electrons. The Morgan fingerprint density at radius 3 is 2.36 bits per heavy atom. The fraction of sp³-hybridized carbons (Fsp3) is 0.261. The van der Waals surface area contributed by atoms with Crippen molar-refractivity contribution in [1.29, 1.82) is 0 Å². The molecule has 0 fully saturated rings. The van der Waals surface area contributed by atoms with Gasteiger partial charge in [-0.25, -0.2) is 0 Å². The highest BCUT2D eigenvalue weighted by Crippen LogP contribution is 2.39. The van der Waals surface area contributed by atoms with E-state index in [1.165, 1.54) is 0 Å². The molecular weight excluding hydrogens is 352 g/mol. The SMILES string of the molecule is CC=Cc1cc(NC(=O)[C@@H](N)C(C)C)c(O)c(-c2ccc(O)c(C=CC)c2)c1. The number of aromatic hydroxyl groups is 2. The van der Waals surface area contributed by atoms with Crippen molar-refractivity contribution in [1.82, 2.24) is 0 Å². The normalized spacial score (nSPS) is 12.8. The predicted octanol–water partition coefficient (Wildman–Crippen LogP) is 4.75. The maximum atomic E-state index is 12.4. The first kappa shape index (κ1) is 21.3. The van der Waals surface area contributed by atoms with Crippen LogP contribution >= 0.6 is 0 Å². The van der Waals surface area contributed by atoms with Gasteiger partial charge in [-0.2, -0.15) is 0 Å². The molecule has 2 aromatic carbocycles. The molecule has 0 spiro atoms. The number of benzene rings is 2. The first-order valence-corrected chi connectivity index (χ1v) is 9.30. The third kappa shape index (κ3) is 4.81. The summed E-state index contributed by atoms with van der Waals surface area (Å²) in [6.07, 6.45) is 7.38. The molecule has 2 aromatic rings. The zero-order valence-corrected chi connectivity index (χ0v) is 16.7. The lowest BCUT2D eigenvalue weighted by Crippen LogP contribution is -2.39. The lowest BCUT2D eigenvalue weighted by Gasteiger charge is -2.18. The molecule has 1 atom stereocenters. The van der Waals surface area contributed by atoms with Crippen LogP contribution in [0.3, 0.4) is 0 Å². The van der Waals surface area contributed by atoms with E-state index in [9.17, 15) is 15.0 Å². The summed E-state index contributed by atoms with van der Waals surface area (Å²) in [6, 6.07) is 7.95. The van der Waals surface area contributed by atoms with Crippen LogP contribution in [0.2, 0.25) is 0 Å². The maximum absolute atomic E-state index is 12.4. The highest BCUT2D eigenvalue weighted by atomic mass is 16.3. The molecule has 2 rings (SSSR count). The van der Waals surface area contributed by atoms with Crippen molar-refractivity contribution in [3.05, 3.63) is 53.6 Å². The van der Waals surface area contributed by atoms with E-state index >= 15 is 0 Å². The number of rotatable bonds is 6. The van der Waals surface area contributed by atoms with Crippen molar-refractivity contribution >= 4 is 23.7 Å². The van der Waals surface area contributed by atoms with Crippen LogP contribution in [0.4, 0.5) is 5.69 Å². The van der Waals surface area contributed by atoms with Gasteiger partial charge in [-0.3, -0.25) is 4.79 Å². The number of anilines is 1. The second-order valence-electron chi connectivity index (χ2n) is 7.00. The van der Waals surface area contributed by atoms with E-state index in [2.05, 4.69) is 5.32 Å². The average molecular weight is 380 g/mol. The van der Waals surface area contributed by atoms with E-state index in [0.29, 0.717) is 16.8 Å². The molecule has 0 unspecified atom stereocenters. The molecule has 0 heterocycles. The van der Waals surface area contributed by atoms with Gasteiger partial charge in [0.1, 0.15) is 11.5 Å². The van der Waals surface area contributed by atoms with Crippen LogP contribution in [-0.4, -0.2) is 22.2 Å². The topological polar surface area (TPSA) is 95.6 Å². The van der Waals surface area contributed by atoms with Gasteiger partial charge >= 0.3 is 0 Å². The summed E-state index contributed by atoms with van der Waals surface area (Å²) in [4.78, 5) is 12.4. The molecule has 0 saturated heterocycles. The summed E-state index contributed by atoms with van der Waals surface area (Å²) in [5.41, 5.74) is 8.97. The molecule has 0 aliphatic rings. The minimum Gasteiger partial charge on any atom is -0.507 e. The Morgan fingerprint density at radius 1 is 1.07 bits per heavy atom. The quantitative estimate of drug-likeness (QED) is 0.544. The van der Waals surface area contributed by atoms with Crippen molar-refractivity contribution in [3.8, 4) is 22.6 Å². The van der Waals surface area contributed by atoms with Gasteiger partial charge in [0.2, 0.25) is 5.91 Å². The van der Waals surface area contributed by atoms with E-state index in [1.54, 1.807) is 30.3 Å². The van der Waals surface area contributed by atoms with E-state index in [-0.39, 0.29) is 23.3 Å². The number of nitrogens with two attached hydrogens (primary N) is 1. The van der Waals surface area contributed by atoms with Crippen LogP contribution in [0, 0.1) is 5.92 Å². The molecule has 0 aliphatic carbocycles. The second kappa shape index (κ2) is 9.24. The van der Waals surface area contributed by atoms with Crippen molar-refractivity contribution in [2.45, 2.75) is 33.7 Å². The Hall–Kier alpha value is -3.05. The van der Waals surface area contributed by atoms with Gasteiger partial charge < -0.3 is 21.3 Å². The van der Waals surface area contributed by atoms with Gasteiger partial charge in [-0.05, 0) is 55.2 Å². The van der Waals surface area contributed by atoms with Crippen molar-refractivity contribution < 1.29 is 15.0 Å². The molecular formula is C23H28N2O3. The van der Waals surface area contributed by atoms with Crippen LogP contribution in [0.5, 0.6) is 11.5 Å². The van der Waals surface area contributed by atoms with Gasteiger partial charge in [-0.15, -0.1) is 0 Å². The smallest absolute Gasteiger partial charge is 0.241 e. The van der Waals surface area contributed by atoms with Crippen LogP contribution in [0.25, 0.3) is 23.3 Å². The highest BCUT2D eigenvalue weighted by molar-refractivity contribution is 5.98. The number of carbonyl (C=O) groups excluding carboxylic acids is 1. The molecule has 0 radical (unpaired) electrons. The third-order valence-electron chi connectivity index (χ3n) is 4.45. The molecule has 0 aliphatic heterocycles. The third-order valence-corrected chi connectivity index (χ3v) is 4.45. The van der Waals surface area contributed by atoms with Gasteiger partial charge in [0.05, 0.1) is 11.7 Å². The van der Waals surface area contributed by atoms with Gasteiger partial charge in [0, 0.05) is 11.1 Å². The average Bonchev–Trinajstić information content (AvgIpc) is 2.65. The molecule has 5 N–H and O–H groups in total. The van der Waals surface area contributed by atoms with Crippen molar-refractivity contribution in [3.63, 3.8) is 0 Å². The Balaban J connectivity index is 2.57. The summed E-state index contributed by atoms with van der Waals surface area (Å²) in [5.74, 6) is -0.271. The first-order chi connectivity index (χ1) is 13.3. The van der Waals surface area contributed by atoms with Gasteiger partial charge in [-0.1, -0.05) is 44.2 Å². The number of phenolic OH excluding ortho intramolecular Hbond substituents is 2. The summed E-state index contributed by atoms with van der Waals surface area (Å²) in [5, 5.41) is 23.6. The molecule has 0 bridgehead atoms. The zero-order valence-electron chi connectivity index (χ0n) is 16.7. The monoisotopic (exact) mass is 380 g/mol. The number of allylic oxidation sites excluding steroid dienone is 2. The zero-order chi connectivity index (χ0) is 20.8. The summed E-state index contributed by atoms with van der Waals surface area (Å²) in [7, 11) is 0. The molecule has 0 saturated carbocycles. The Kier molecular flexibility index (Phi) is 7.01. The minimum absolute atomic E-state index is 0.0270. The largest absolute Gasteiger partial charge is 0.507 e. The Labute approximate surface area is 166 Å². The molecule has 1 amide bonds. The fourth-order valence-corrected chi connectivity index (χ4v) is 2.81. The lowest BCUT2D eigenvalue weighted by molar-refractivity contribution is -0.118. The van der Waals surface area contributed by atoms with Crippen LogP contribution in [-0.2, 0) is 4.79 Å². The van der Waals surface area contributed by atoms with E-state index in [4.69, 9.17) is 5.73 Å². The van der Waals surface area contributed by atoms with Crippen LogP contribution in [0.1, 0.15) is 38.8 Å². The number of hydrogen-bond acceptors (Lipinski definition) is 4. The molecule has 28 heavy (non-hydrogen) atoms. The summed E-state index contributed by atoms with van der Waals surface area (Å²) < 4.78 is 0. The van der Waals surface area contributed by atoms with Gasteiger partial charge in [0.15, 0.2) is 0 Å². The number of hydrogen-bond donors (Lipinski definition) is 4. The summed E-state index contributed by atoms with van der Waals surface area (Å²) in [6.45, 7) is 7.49. The van der Waals surface area contributed by atoms with E-state index in [1.807, 2.05) is 52.0 Å². The lowest BCUT2D eigenvalue weighted by atomic mass is 9.97. The molecule has 5 nitrogen and oxygen atoms in total. The summed E-state index contributed by atoms with van der Waals surface area (Å²) >= 11 is 0. The molecule has 0 aromatic heterocycles. The number of phenols is 2. The standard InChI is InChI=1S/C23H28N2O3/c1-5-7-15-11-18(16-9-10-20(26)17(13-16)8-6-2)22(27)19(12-15)25-23(28)21(24)14(3)4/h5-14,21,26-27H,24H2,1-4H3,(H,25,28)/t21-/m0/s1. The highest BCUT2D eigenvalue weighted by Gasteiger charge is 2.20. The maximum Gasteiger partial charge on any atom is 0.241 e. The Morgan fingerprint density at radius 2 is 1.75 bits per heavy atom. The van der Waals surface area contributed by atoms with Crippen LogP contribution < -0.4 is 11.1 Å². The minimum atomic E-state index is -0.678. The number of carbonyl (C=O) groups is 1. The first-order valence-electron chi connectivity index (χ1n) is 9.30. The second-order valence-corrected chi connectivity index (χ2v) is 7.00. The van der Waals surface area contributed by atoms with E-state index in [0.717, 1.165) is 11.1 Å². The van der Waals surface area contributed by atoms with Gasteiger partial charge in [0.25, 0.3) is 0 Å².